The molecule has 0 saturated heterocycles. The van der Waals surface area contributed by atoms with Gasteiger partial charge in [0, 0.05) is 23.4 Å². The zero-order valence-electron chi connectivity index (χ0n) is 15.9. The minimum Gasteiger partial charge on any atom is -0.455 e. The Balaban J connectivity index is 1.40. The second-order valence-corrected chi connectivity index (χ2v) is 6.92. The van der Waals surface area contributed by atoms with Gasteiger partial charge in [0.15, 0.2) is 5.75 Å². The summed E-state index contributed by atoms with van der Waals surface area (Å²) < 4.78 is 11.1. The molecule has 0 radical (unpaired) electrons. The minimum absolute atomic E-state index is 0.174. The normalized spacial score (nSPS) is 10.6. The molecule has 1 heterocycles. The number of halogens is 1. The standard InChI is InChI=1S/C23H18ClN3O3/c24-17-11-12-20(29-18-9-5-2-6-10-18)19(15-17)25-21(28)13-14-22-26-23(27-30-22)16-7-3-1-4-8-16/h1-12,15H,13-14H2,(H,25,28). The van der Waals surface area contributed by atoms with E-state index in [9.17, 15) is 4.79 Å². The summed E-state index contributed by atoms with van der Waals surface area (Å²) in [6.45, 7) is 0. The number of hydrogen-bond donors (Lipinski definition) is 1. The van der Waals surface area contributed by atoms with Crippen molar-refractivity contribution in [3.63, 3.8) is 0 Å². The highest BCUT2D eigenvalue weighted by Gasteiger charge is 2.13. The number of ether oxygens (including phenoxy) is 1. The summed E-state index contributed by atoms with van der Waals surface area (Å²) in [5.74, 6) is 1.85. The number of benzene rings is 3. The van der Waals surface area contributed by atoms with Gasteiger partial charge in [-0.25, -0.2) is 0 Å². The van der Waals surface area contributed by atoms with Crippen LogP contribution in [-0.4, -0.2) is 16.0 Å². The molecule has 0 aliphatic rings. The number of carbonyl (C=O) groups excluding carboxylic acids is 1. The highest BCUT2D eigenvalue weighted by Crippen LogP contribution is 2.32. The first-order valence-corrected chi connectivity index (χ1v) is 9.75. The second kappa shape index (κ2) is 9.24. The third-order valence-corrected chi connectivity index (χ3v) is 4.49. The molecule has 4 rings (SSSR count). The fourth-order valence-electron chi connectivity index (χ4n) is 2.80. The van der Waals surface area contributed by atoms with Crippen LogP contribution in [0.3, 0.4) is 0 Å². The Morgan fingerprint density at radius 2 is 1.73 bits per heavy atom. The van der Waals surface area contributed by atoms with Gasteiger partial charge >= 0.3 is 0 Å². The van der Waals surface area contributed by atoms with Gasteiger partial charge in [-0.3, -0.25) is 4.79 Å². The molecule has 0 unspecified atom stereocenters. The third kappa shape index (κ3) is 5.04. The van der Waals surface area contributed by atoms with Crippen LogP contribution in [0.2, 0.25) is 5.02 Å². The number of aromatic nitrogens is 2. The van der Waals surface area contributed by atoms with Crippen LogP contribution in [0.4, 0.5) is 5.69 Å². The van der Waals surface area contributed by atoms with E-state index in [4.69, 9.17) is 20.9 Å². The van der Waals surface area contributed by atoms with Crippen molar-refractivity contribution in [3.05, 3.63) is 89.8 Å². The second-order valence-electron chi connectivity index (χ2n) is 6.48. The van der Waals surface area contributed by atoms with Crippen LogP contribution in [-0.2, 0) is 11.2 Å². The lowest BCUT2D eigenvalue weighted by Gasteiger charge is -2.12. The number of anilines is 1. The van der Waals surface area contributed by atoms with Crippen molar-refractivity contribution in [2.45, 2.75) is 12.8 Å². The molecule has 1 amide bonds. The van der Waals surface area contributed by atoms with Crippen molar-refractivity contribution in [2.24, 2.45) is 0 Å². The Kier molecular flexibility index (Phi) is 6.06. The van der Waals surface area contributed by atoms with E-state index in [1.165, 1.54) is 0 Å². The van der Waals surface area contributed by atoms with Gasteiger partial charge in [0.05, 0.1) is 5.69 Å². The number of para-hydroxylation sites is 1. The lowest BCUT2D eigenvalue weighted by atomic mass is 10.2. The van der Waals surface area contributed by atoms with Crippen LogP contribution in [0.1, 0.15) is 12.3 Å². The van der Waals surface area contributed by atoms with Gasteiger partial charge in [0.25, 0.3) is 0 Å². The topological polar surface area (TPSA) is 77.2 Å². The highest BCUT2D eigenvalue weighted by molar-refractivity contribution is 6.31. The van der Waals surface area contributed by atoms with Crippen molar-refractivity contribution in [2.75, 3.05) is 5.32 Å². The molecular weight excluding hydrogens is 402 g/mol. The molecule has 0 bridgehead atoms. The summed E-state index contributed by atoms with van der Waals surface area (Å²) >= 11 is 6.10. The summed E-state index contributed by atoms with van der Waals surface area (Å²) in [7, 11) is 0. The van der Waals surface area contributed by atoms with Crippen molar-refractivity contribution in [3.8, 4) is 22.9 Å². The number of aryl methyl sites for hydroxylation is 1. The summed E-state index contributed by atoms with van der Waals surface area (Å²) in [5.41, 5.74) is 1.35. The predicted octanol–water partition coefficient (Wildman–Crippen LogP) is 5.75. The molecule has 7 heteroatoms. The Morgan fingerprint density at radius 1 is 1.00 bits per heavy atom. The molecule has 1 aromatic heterocycles. The fourth-order valence-corrected chi connectivity index (χ4v) is 2.97. The van der Waals surface area contributed by atoms with Crippen LogP contribution < -0.4 is 10.1 Å². The maximum atomic E-state index is 12.5. The Hall–Kier alpha value is -3.64. The van der Waals surface area contributed by atoms with Crippen molar-refractivity contribution >= 4 is 23.2 Å². The molecule has 4 aromatic rings. The van der Waals surface area contributed by atoms with Gasteiger partial charge in [-0.1, -0.05) is 65.3 Å². The van der Waals surface area contributed by atoms with Crippen molar-refractivity contribution in [1.29, 1.82) is 0 Å². The molecule has 30 heavy (non-hydrogen) atoms. The van der Waals surface area contributed by atoms with Crippen LogP contribution >= 0.6 is 11.6 Å². The zero-order valence-corrected chi connectivity index (χ0v) is 16.7. The van der Waals surface area contributed by atoms with Gasteiger partial charge < -0.3 is 14.6 Å². The van der Waals surface area contributed by atoms with Crippen molar-refractivity contribution in [1.82, 2.24) is 10.1 Å². The van der Waals surface area contributed by atoms with Gasteiger partial charge in [-0.2, -0.15) is 4.98 Å². The number of hydrogen-bond acceptors (Lipinski definition) is 5. The molecule has 0 atom stereocenters. The van der Waals surface area contributed by atoms with Gasteiger partial charge in [-0.05, 0) is 30.3 Å². The maximum Gasteiger partial charge on any atom is 0.227 e. The van der Waals surface area contributed by atoms with Gasteiger partial charge in [0.1, 0.15) is 5.75 Å². The Labute approximate surface area is 178 Å². The Morgan fingerprint density at radius 3 is 2.50 bits per heavy atom. The molecule has 0 aliphatic carbocycles. The Bertz CT molecular complexity index is 1130. The van der Waals surface area contributed by atoms with E-state index in [2.05, 4.69) is 15.5 Å². The lowest BCUT2D eigenvalue weighted by molar-refractivity contribution is -0.116. The quantitative estimate of drug-likeness (QED) is 0.412. The smallest absolute Gasteiger partial charge is 0.227 e. The molecule has 6 nitrogen and oxygen atoms in total. The summed E-state index contributed by atoms with van der Waals surface area (Å²) in [5, 5.41) is 7.30. The molecular formula is C23H18ClN3O3. The first kappa shape index (κ1) is 19.7. The molecule has 0 fully saturated rings. The van der Waals surface area contributed by atoms with Crippen LogP contribution in [0.25, 0.3) is 11.4 Å². The predicted molar refractivity (Wildman–Crippen MR) is 115 cm³/mol. The van der Waals surface area contributed by atoms with E-state index in [1.54, 1.807) is 18.2 Å². The first-order valence-electron chi connectivity index (χ1n) is 9.38. The van der Waals surface area contributed by atoms with E-state index in [1.807, 2.05) is 60.7 Å². The molecule has 0 aliphatic heterocycles. The fraction of sp³-hybridized carbons (Fsp3) is 0.0870. The molecule has 0 saturated carbocycles. The van der Waals surface area contributed by atoms with Gasteiger partial charge in [-0.15, -0.1) is 0 Å². The summed E-state index contributed by atoms with van der Waals surface area (Å²) in [4.78, 5) is 16.8. The average Bonchev–Trinajstić information content (AvgIpc) is 3.25. The zero-order chi connectivity index (χ0) is 20.8. The van der Waals surface area contributed by atoms with Gasteiger partial charge in [0.2, 0.25) is 17.6 Å². The van der Waals surface area contributed by atoms with E-state index in [0.29, 0.717) is 40.3 Å². The van der Waals surface area contributed by atoms with Crippen LogP contribution in [0.15, 0.2) is 83.4 Å². The van der Waals surface area contributed by atoms with Crippen molar-refractivity contribution < 1.29 is 14.1 Å². The van der Waals surface area contributed by atoms with E-state index >= 15 is 0 Å². The summed E-state index contributed by atoms with van der Waals surface area (Å²) in [6.07, 6.45) is 0.495. The third-order valence-electron chi connectivity index (χ3n) is 4.25. The number of amides is 1. The molecule has 3 aromatic carbocycles. The summed E-state index contributed by atoms with van der Waals surface area (Å²) in [6, 6.07) is 23.9. The van der Waals surface area contributed by atoms with Crippen LogP contribution in [0.5, 0.6) is 11.5 Å². The van der Waals surface area contributed by atoms with E-state index < -0.39 is 0 Å². The number of nitrogens with zero attached hydrogens (tertiary/aromatic N) is 2. The number of nitrogens with one attached hydrogen (secondary N) is 1. The minimum atomic E-state index is -0.213. The van der Waals surface area contributed by atoms with E-state index in [0.717, 1.165) is 5.56 Å². The number of carbonyl (C=O) groups is 1. The SMILES string of the molecule is O=C(CCc1nc(-c2ccccc2)no1)Nc1cc(Cl)ccc1Oc1ccccc1. The molecule has 1 N–H and O–H groups in total. The maximum absolute atomic E-state index is 12.5. The molecule has 0 spiro atoms. The molecule has 150 valence electrons. The number of rotatable bonds is 7. The first-order chi connectivity index (χ1) is 14.7. The van der Waals surface area contributed by atoms with E-state index in [-0.39, 0.29) is 12.3 Å². The highest BCUT2D eigenvalue weighted by atomic mass is 35.5. The lowest BCUT2D eigenvalue weighted by Crippen LogP contribution is -2.13. The average molecular weight is 420 g/mol. The largest absolute Gasteiger partial charge is 0.455 e. The van der Waals surface area contributed by atoms with Crippen LogP contribution in [0, 0.1) is 0 Å². The monoisotopic (exact) mass is 419 g/mol.